The summed E-state index contributed by atoms with van der Waals surface area (Å²) in [6.07, 6.45) is 12.5. The Kier molecular flexibility index (Phi) is 19.4. The minimum Gasteiger partial charge on any atom is -0.492 e. The smallest absolute Gasteiger partial charge is 0.313 e. The van der Waals surface area contributed by atoms with E-state index in [0.29, 0.717) is 62.6 Å². The van der Waals surface area contributed by atoms with Gasteiger partial charge in [0.1, 0.15) is 5.78 Å². The molecule has 1 rings (SSSR count). The van der Waals surface area contributed by atoms with Crippen molar-refractivity contribution in [2.45, 2.75) is 143 Å². The van der Waals surface area contributed by atoms with Crippen LogP contribution in [0.25, 0.3) is 0 Å². The van der Waals surface area contributed by atoms with E-state index in [1.54, 1.807) is 0 Å². The van der Waals surface area contributed by atoms with Crippen molar-refractivity contribution < 1.29 is 34.8 Å². The number of ketones is 1. The molecule has 1 heterocycles. The van der Waals surface area contributed by atoms with E-state index < -0.39 is 24.3 Å². The Morgan fingerprint density at radius 1 is 0.929 bits per heavy atom. The topological polar surface area (TPSA) is 136 Å². The molecule has 0 aromatic rings. The van der Waals surface area contributed by atoms with Gasteiger partial charge in [-0.05, 0) is 70.1 Å². The highest BCUT2D eigenvalue weighted by Gasteiger charge is 2.23. The van der Waals surface area contributed by atoms with Crippen LogP contribution in [0.2, 0.25) is 0 Å². The van der Waals surface area contributed by atoms with Crippen molar-refractivity contribution in [3.05, 3.63) is 35.4 Å². The third kappa shape index (κ3) is 16.5. The first kappa shape index (κ1) is 37.9. The van der Waals surface area contributed by atoms with Gasteiger partial charge >= 0.3 is 5.97 Å². The fourth-order valence-electron chi connectivity index (χ4n) is 5.28. The number of aliphatic hydroxyl groups is 4. The number of hydrogen-bond acceptors (Lipinski definition) is 8. The predicted molar refractivity (Wildman–Crippen MR) is 167 cm³/mol. The standard InChI is InChI=1S/C34H59NO7/c1-6-12-32-33(40)35-23-29(37)22-31(39)30(38)20-19-24(3)14-10-15-27(7-2)16-11-18-28(36)17-9-8-13-25(4)21-26(5)34(41)42-32/h10,14-15,25-27,29-31,35,37-40H,6-9,11-13,16-23H2,1-5H3/b15-10+,24-14-,33-32-/t25-,26-,27?,29-,30+,31-/m0/s1. The largest absolute Gasteiger partial charge is 0.492 e. The van der Waals surface area contributed by atoms with E-state index in [-0.39, 0.29) is 30.5 Å². The van der Waals surface area contributed by atoms with E-state index in [0.717, 1.165) is 44.1 Å². The van der Waals surface area contributed by atoms with Crippen molar-refractivity contribution in [1.82, 2.24) is 5.32 Å². The molecule has 242 valence electrons. The van der Waals surface area contributed by atoms with Crippen LogP contribution in [0.5, 0.6) is 0 Å². The highest BCUT2D eigenvalue weighted by atomic mass is 16.5. The third-order valence-corrected chi connectivity index (χ3v) is 8.14. The zero-order valence-electron chi connectivity index (χ0n) is 26.8. The lowest BCUT2D eigenvalue weighted by Crippen LogP contribution is -2.35. The summed E-state index contributed by atoms with van der Waals surface area (Å²) >= 11 is 0. The van der Waals surface area contributed by atoms with E-state index in [1.165, 1.54) is 0 Å². The maximum atomic E-state index is 12.8. The zero-order valence-corrected chi connectivity index (χ0v) is 26.8. The Morgan fingerprint density at radius 3 is 2.33 bits per heavy atom. The van der Waals surface area contributed by atoms with E-state index in [9.17, 15) is 30.0 Å². The molecule has 0 aromatic heterocycles. The highest BCUT2D eigenvalue weighted by Crippen LogP contribution is 2.22. The van der Waals surface area contributed by atoms with Crippen LogP contribution >= 0.6 is 0 Å². The first-order valence-electron chi connectivity index (χ1n) is 16.2. The SMILES string of the molecule is CCC/C1=C(/O)NC[C@@H](O)C[C@H](O)[C@H](O)CC/C(C)=C\C=C\C(CC)CCCC(=O)CCCC[C@H](C)C[C@H](C)C(=O)O1. The molecule has 6 atom stereocenters. The summed E-state index contributed by atoms with van der Waals surface area (Å²) in [6.45, 7) is 9.90. The quantitative estimate of drug-likeness (QED) is 0.237. The van der Waals surface area contributed by atoms with Gasteiger partial charge in [-0.1, -0.05) is 64.3 Å². The van der Waals surface area contributed by atoms with Crippen molar-refractivity contribution in [3.63, 3.8) is 0 Å². The van der Waals surface area contributed by atoms with Gasteiger partial charge < -0.3 is 30.5 Å². The van der Waals surface area contributed by atoms with Gasteiger partial charge in [-0.25, -0.2) is 0 Å². The van der Waals surface area contributed by atoms with Crippen LogP contribution in [0.1, 0.15) is 125 Å². The number of rotatable bonds is 3. The molecule has 0 aliphatic carbocycles. The summed E-state index contributed by atoms with van der Waals surface area (Å²) in [5, 5.41) is 44.5. The van der Waals surface area contributed by atoms with E-state index in [2.05, 4.69) is 25.2 Å². The molecule has 1 aliphatic rings. The van der Waals surface area contributed by atoms with Gasteiger partial charge in [0.2, 0.25) is 5.88 Å². The fraction of sp³-hybridized carbons (Fsp3) is 0.765. The third-order valence-electron chi connectivity index (χ3n) is 8.14. The van der Waals surface area contributed by atoms with Gasteiger partial charge in [-0.3, -0.25) is 9.59 Å². The molecule has 5 N–H and O–H groups in total. The normalized spacial score (nSPS) is 33.8. The molecule has 0 spiro atoms. The van der Waals surface area contributed by atoms with Gasteiger partial charge in [-0.2, -0.15) is 0 Å². The minimum atomic E-state index is -1.12. The number of nitrogens with one attached hydrogen (secondary N) is 1. The number of Topliss-reactive ketones (excluding diaryl/α,β-unsaturated/α-hetero) is 1. The lowest BCUT2D eigenvalue weighted by molar-refractivity contribution is -0.145. The van der Waals surface area contributed by atoms with Gasteiger partial charge in [-0.15, -0.1) is 0 Å². The Labute approximate surface area is 254 Å². The van der Waals surface area contributed by atoms with E-state index in [1.807, 2.05) is 32.9 Å². The molecular formula is C34H59NO7. The molecule has 1 aliphatic heterocycles. The van der Waals surface area contributed by atoms with Crippen LogP contribution in [0, 0.1) is 17.8 Å². The molecular weight excluding hydrogens is 534 g/mol. The molecule has 0 amide bonds. The Bertz CT molecular complexity index is 881. The molecule has 0 saturated heterocycles. The van der Waals surface area contributed by atoms with Gasteiger partial charge in [0.25, 0.3) is 0 Å². The van der Waals surface area contributed by atoms with Crippen molar-refractivity contribution in [3.8, 4) is 0 Å². The molecule has 0 bridgehead atoms. The summed E-state index contributed by atoms with van der Waals surface area (Å²) in [4.78, 5) is 25.2. The number of allylic oxidation sites excluding steroid dienone is 5. The average molecular weight is 594 g/mol. The number of carbonyl (C=O) groups is 2. The Morgan fingerprint density at radius 2 is 1.64 bits per heavy atom. The monoisotopic (exact) mass is 593 g/mol. The second-order valence-corrected chi connectivity index (χ2v) is 12.4. The summed E-state index contributed by atoms with van der Waals surface area (Å²) in [7, 11) is 0. The zero-order chi connectivity index (χ0) is 31.5. The molecule has 0 fully saturated rings. The van der Waals surface area contributed by atoms with Crippen molar-refractivity contribution in [2.24, 2.45) is 17.8 Å². The van der Waals surface area contributed by atoms with Crippen LogP contribution < -0.4 is 5.32 Å². The van der Waals surface area contributed by atoms with Crippen molar-refractivity contribution in [1.29, 1.82) is 0 Å². The van der Waals surface area contributed by atoms with Crippen LogP contribution in [0.4, 0.5) is 0 Å². The number of esters is 1. The van der Waals surface area contributed by atoms with Crippen molar-refractivity contribution >= 4 is 11.8 Å². The number of cyclic esters (lactones) is 1. The maximum absolute atomic E-state index is 12.8. The maximum Gasteiger partial charge on any atom is 0.313 e. The molecule has 0 radical (unpaired) electrons. The van der Waals surface area contributed by atoms with Crippen molar-refractivity contribution in [2.75, 3.05) is 6.54 Å². The van der Waals surface area contributed by atoms with Crippen LogP contribution in [0.3, 0.4) is 0 Å². The molecule has 8 heteroatoms. The molecule has 0 aromatic carbocycles. The van der Waals surface area contributed by atoms with E-state index in [4.69, 9.17) is 4.74 Å². The number of carbonyl (C=O) groups excluding carboxylic acids is 2. The molecule has 8 nitrogen and oxygen atoms in total. The number of hydrogen-bond donors (Lipinski definition) is 5. The molecule has 0 saturated carbocycles. The number of ether oxygens (including phenoxy) is 1. The lowest BCUT2D eigenvalue weighted by Gasteiger charge is -2.22. The lowest BCUT2D eigenvalue weighted by atomic mass is 9.92. The summed E-state index contributed by atoms with van der Waals surface area (Å²) in [6, 6.07) is 0. The molecule has 42 heavy (non-hydrogen) atoms. The second kappa shape index (κ2) is 21.5. The van der Waals surface area contributed by atoms with Gasteiger partial charge in [0, 0.05) is 32.2 Å². The van der Waals surface area contributed by atoms with E-state index >= 15 is 0 Å². The van der Waals surface area contributed by atoms with Crippen LogP contribution in [-0.4, -0.2) is 57.0 Å². The first-order valence-corrected chi connectivity index (χ1v) is 16.2. The summed E-state index contributed by atoms with van der Waals surface area (Å²) in [5.41, 5.74) is 1.08. The number of β-amino-alcohol motifs (C(OH)–C–C–N with tert-alkyl or cyclic N) is 1. The summed E-state index contributed by atoms with van der Waals surface area (Å²) in [5.74, 6) is 0.0865. The second-order valence-electron chi connectivity index (χ2n) is 12.4. The Hall–Kier alpha value is -2.16. The Balaban J connectivity index is 2.93. The van der Waals surface area contributed by atoms with Gasteiger partial charge in [0.05, 0.1) is 24.2 Å². The van der Waals surface area contributed by atoms with Crippen LogP contribution in [0.15, 0.2) is 35.4 Å². The number of aliphatic hydroxyl groups excluding tert-OH is 4. The highest BCUT2D eigenvalue weighted by molar-refractivity contribution is 5.78. The molecule has 1 unspecified atom stereocenters. The summed E-state index contributed by atoms with van der Waals surface area (Å²) < 4.78 is 5.56. The van der Waals surface area contributed by atoms with Crippen LogP contribution in [-0.2, 0) is 14.3 Å². The minimum absolute atomic E-state index is 0.0668. The van der Waals surface area contributed by atoms with Gasteiger partial charge in [0.15, 0.2) is 5.76 Å². The fourth-order valence-corrected chi connectivity index (χ4v) is 5.28. The average Bonchev–Trinajstić information content (AvgIpc) is 2.95. The first-order chi connectivity index (χ1) is 20.0. The predicted octanol–water partition coefficient (Wildman–Crippen LogP) is 6.40.